The Kier molecular flexibility index (Phi) is 7.23. The van der Waals surface area contributed by atoms with Crippen LogP contribution in [0.25, 0.3) is 0 Å². The van der Waals surface area contributed by atoms with E-state index in [0.29, 0.717) is 30.7 Å². The van der Waals surface area contributed by atoms with Crippen LogP contribution in [0, 0.1) is 11.7 Å². The fraction of sp³-hybridized carbons (Fsp3) is 0.375. The van der Waals surface area contributed by atoms with Gasteiger partial charge in [0.1, 0.15) is 28.9 Å². The molecular weight excluding hydrogens is 451 g/mol. The molecule has 0 atom stereocenters. The number of amides is 1. The summed E-state index contributed by atoms with van der Waals surface area (Å²) in [7, 11) is 0. The molecule has 0 radical (unpaired) electrons. The van der Waals surface area contributed by atoms with E-state index >= 15 is 0 Å². The van der Waals surface area contributed by atoms with Crippen LogP contribution in [0.2, 0.25) is 0 Å². The minimum absolute atomic E-state index is 0.282. The summed E-state index contributed by atoms with van der Waals surface area (Å²) in [5.41, 5.74) is 0.377. The van der Waals surface area contributed by atoms with Crippen molar-refractivity contribution in [1.29, 1.82) is 0 Å². The van der Waals surface area contributed by atoms with Gasteiger partial charge in [0.05, 0.1) is 6.20 Å². The maximum atomic E-state index is 13.2. The SMILES string of the molecule is CC(C)(C)OC(=O)NCC1CN(c2cc(Nc3cnccn3)nc(NCc3ccc(F)cc3)n2)C1. The summed E-state index contributed by atoms with van der Waals surface area (Å²) in [6, 6.07) is 8.10. The van der Waals surface area contributed by atoms with E-state index in [2.05, 4.69) is 40.8 Å². The van der Waals surface area contributed by atoms with Crippen molar-refractivity contribution in [2.24, 2.45) is 5.92 Å². The number of ether oxygens (including phenoxy) is 1. The van der Waals surface area contributed by atoms with Crippen LogP contribution in [0.5, 0.6) is 0 Å². The highest BCUT2D eigenvalue weighted by atomic mass is 19.1. The second kappa shape index (κ2) is 10.5. The number of hydrogen-bond donors (Lipinski definition) is 3. The van der Waals surface area contributed by atoms with Crippen molar-refractivity contribution in [3.63, 3.8) is 0 Å². The number of halogens is 1. The van der Waals surface area contributed by atoms with Crippen LogP contribution in [0.1, 0.15) is 26.3 Å². The highest BCUT2D eigenvalue weighted by Crippen LogP contribution is 2.27. The third-order valence-electron chi connectivity index (χ3n) is 5.11. The lowest BCUT2D eigenvalue weighted by molar-refractivity contribution is 0.0516. The molecule has 0 unspecified atom stereocenters. The zero-order valence-electron chi connectivity index (χ0n) is 20.0. The Hall–Kier alpha value is -4.02. The Bertz CT molecular complexity index is 1130. The maximum absolute atomic E-state index is 13.2. The molecule has 10 nitrogen and oxygen atoms in total. The Morgan fingerprint density at radius 3 is 2.60 bits per heavy atom. The van der Waals surface area contributed by atoms with Crippen molar-refractivity contribution in [1.82, 2.24) is 25.3 Å². The molecule has 35 heavy (non-hydrogen) atoms. The van der Waals surface area contributed by atoms with Crippen molar-refractivity contribution in [3.8, 4) is 0 Å². The highest BCUT2D eigenvalue weighted by molar-refractivity contribution is 5.67. The van der Waals surface area contributed by atoms with Crippen molar-refractivity contribution in [2.75, 3.05) is 35.2 Å². The van der Waals surface area contributed by atoms with Crippen LogP contribution < -0.4 is 20.9 Å². The van der Waals surface area contributed by atoms with Gasteiger partial charge in [-0.2, -0.15) is 9.97 Å². The predicted octanol–water partition coefficient (Wildman–Crippen LogP) is 3.72. The Morgan fingerprint density at radius 2 is 1.91 bits per heavy atom. The summed E-state index contributed by atoms with van der Waals surface area (Å²) in [6.07, 6.45) is 4.38. The van der Waals surface area contributed by atoms with E-state index in [1.165, 1.54) is 12.1 Å². The van der Waals surface area contributed by atoms with Crippen molar-refractivity contribution in [2.45, 2.75) is 32.9 Å². The Morgan fingerprint density at radius 1 is 1.14 bits per heavy atom. The molecule has 11 heteroatoms. The largest absolute Gasteiger partial charge is 0.444 e. The first-order valence-electron chi connectivity index (χ1n) is 11.4. The van der Waals surface area contributed by atoms with Gasteiger partial charge in [0.25, 0.3) is 0 Å². The summed E-state index contributed by atoms with van der Waals surface area (Å²) < 4.78 is 18.5. The van der Waals surface area contributed by atoms with Crippen LogP contribution in [0.3, 0.4) is 0 Å². The second-order valence-electron chi connectivity index (χ2n) is 9.28. The van der Waals surface area contributed by atoms with Crippen LogP contribution in [-0.2, 0) is 11.3 Å². The number of aromatic nitrogens is 4. The van der Waals surface area contributed by atoms with Gasteiger partial charge < -0.3 is 25.6 Å². The molecule has 1 amide bonds. The first kappa shape index (κ1) is 24.1. The van der Waals surface area contributed by atoms with Gasteiger partial charge in [-0.05, 0) is 38.5 Å². The minimum atomic E-state index is -0.527. The molecule has 1 aromatic carbocycles. The van der Waals surface area contributed by atoms with Gasteiger partial charge in [0, 0.05) is 50.6 Å². The number of carbonyl (C=O) groups is 1. The summed E-state index contributed by atoms with van der Waals surface area (Å²) in [4.78, 5) is 31.5. The van der Waals surface area contributed by atoms with Crippen LogP contribution in [-0.4, -0.2) is 51.3 Å². The first-order valence-corrected chi connectivity index (χ1v) is 11.4. The minimum Gasteiger partial charge on any atom is -0.444 e. The van der Waals surface area contributed by atoms with E-state index in [9.17, 15) is 9.18 Å². The molecule has 184 valence electrons. The quantitative estimate of drug-likeness (QED) is 0.443. The molecule has 3 N–H and O–H groups in total. The van der Waals surface area contributed by atoms with Gasteiger partial charge >= 0.3 is 6.09 Å². The van der Waals surface area contributed by atoms with Crippen molar-refractivity contribution < 1.29 is 13.9 Å². The zero-order chi connectivity index (χ0) is 24.8. The third-order valence-corrected chi connectivity index (χ3v) is 5.11. The third kappa shape index (κ3) is 7.23. The number of rotatable bonds is 8. The number of alkyl carbamates (subject to hydrolysis) is 1. The van der Waals surface area contributed by atoms with Crippen LogP contribution in [0.4, 0.5) is 32.6 Å². The van der Waals surface area contributed by atoms with E-state index in [1.807, 2.05) is 26.8 Å². The van der Waals surface area contributed by atoms with Crippen molar-refractivity contribution in [3.05, 3.63) is 60.3 Å². The maximum Gasteiger partial charge on any atom is 0.407 e. The second-order valence-corrected chi connectivity index (χ2v) is 9.28. The Labute approximate surface area is 203 Å². The smallest absolute Gasteiger partial charge is 0.407 e. The van der Waals surface area contributed by atoms with Gasteiger partial charge in [0.15, 0.2) is 0 Å². The van der Waals surface area contributed by atoms with Gasteiger partial charge in [-0.15, -0.1) is 0 Å². The van der Waals surface area contributed by atoms with Crippen LogP contribution in [0.15, 0.2) is 48.9 Å². The normalized spacial score (nSPS) is 13.7. The first-order chi connectivity index (χ1) is 16.7. The summed E-state index contributed by atoms with van der Waals surface area (Å²) in [5.74, 6) is 2.28. The molecule has 1 aliphatic rings. The molecule has 2 aromatic heterocycles. The van der Waals surface area contributed by atoms with Gasteiger partial charge in [-0.25, -0.2) is 14.2 Å². The molecule has 1 saturated heterocycles. The summed E-state index contributed by atoms with van der Waals surface area (Å²) >= 11 is 0. The van der Waals surface area contributed by atoms with E-state index in [1.54, 1.807) is 30.7 Å². The molecule has 4 rings (SSSR count). The van der Waals surface area contributed by atoms with E-state index < -0.39 is 11.7 Å². The highest BCUT2D eigenvalue weighted by Gasteiger charge is 2.29. The molecule has 0 spiro atoms. The van der Waals surface area contributed by atoms with Crippen LogP contribution >= 0.6 is 0 Å². The average Bonchev–Trinajstić information content (AvgIpc) is 2.77. The number of nitrogens with zero attached hydrogens (tertiary/aromatic N) is 5. The lowest BCUT2D eigenvalue weighted by Crippen LogP contribution is -2.52. The van der Waals surface area contributed by atoms with E-state index in [0.717, 1.165) is 24.5 Å². The molecule has 1 aliphatic heterocycles. The van der Waals surface area contributed by atoms with Gasteiger partial charge in [0.2, 0.25) is 5.95 Å². The predicted molar refractivity (Wildman–Crippen MR) is 131 cm³/mol. The average molecular weight is 481 g/mol. The van der Waals surface area contributed by atoms with E-state index in [-0.39, 0.29) is 11.7 Å². The number of anilines is 4. The summed E-state index contributed by atoms with van der Waals surface area (Å²) in [6.45, 7) is 7.93. The molecule has 0 saturated carbocycles. The number of hydrogen-bond acceptors (Lipinski definition) is 9. The standard InChI is InChI=1S/C24H29FN8O2/c1-24(2,3)35-23(34)29-12-17-14-33(15-17)21-10-19(30-20-13-26-8-9-27-20)31-22(32-21)28-11-16-4-6-18(25)7-5-16/h4-10,13,17H,11-12,14-15H2,1-3H3,(H,29,34)(H2,27,28,30,31,32). The van der Waals surface area contributed by atoms with E-state index in [4.69, 9.17) is 4.74 Å². The Balaban J connectivity index is 1.41. The molecule has 0 bridgehead atoms. The fourth-order valence-corrected chi connectivity index (χ4v) is 3.45. The van der Waals surface area contributed by atoms with Gasteiger partial charge in [-0.1, -0.05) is 12.1 Å². The van der Waals surface area contributed by atoms with Crippen molar-refractivity contribution >= 4 is 29.5 Å². The molecule has 1 fully saturated rings. The zero-order valence-corrected chi connectivity index (χ0v) is 20.0. The lowest BCUT2D eigenvalue weighted by atomic mass is 10.0. The number of carbonyl (C=O) groups excluding carboxylic acids is 1. The topological polar surface area (TPSA) is 117 Å². The summed E-state index contributed by atoms with van der Waals surface area (Å²) in [5, 5.41) is 9.18. The monoisotopic (exact) mass is 480 g/mol. The number of benzene rings is 1. The lowest BCUT2D eigenvalue weighted by Gasteiger charge is -2.40. The molecular formula is C24H29FN8O2. The fourth-order valence-electron chi connectivity index (χ4n) is 3.45. The molecule has 3 aromatic rings. The molecule has 3 heterocycles. The number of nitrogens with one attached hydrogen (secondary N) is 3. The van der Waals surface area contributed by atoms with Gasteiger partial charge in [-0.3, -0.25) is 4.98 Å². The molecule has 0 aliphatic carbocycles.